The molecule has 0 bridgehead atoms. The van der Waals surface area contributed by atoms with Gasteiger partial charge >= 0.3 is 0 Å². The van der Waals surface area contributed by atoms with E-state index in [2.05, 4.69) is 45.7 Å². The first-order chi connectivity index (χ1) is 18.7. The standard InChI is InChI=1S/C27H38N4O3.2C2H6/c1-3-5-14-30(15-6-4-2)27(32)19-31-18-22(21-8-10-24-25(17-21)34-20-33-24)16-23(31)9-11-26-28-12-7-13-29-26;2*1-2/h7-8,10,12-13,17,22-23H,3-6,9,11,14-16,18-20H2,1-2H3;2*1-2H3. The number of carbonyl (C=O) groups is 1. The predicted molar refractivity (Wildman–Crippen MR) is 155 cm³/mol. The van der Waals surface area contributed by atoms with Crippen molar-refractivity contribution in [3.8, 4) is 11.5 Å². The number of rotatable bonds is 12. The summed E-state index contributed by atoms with van der Waals surface area (Å²) in [5, 5.41) is 0. The summed E-state index contributed by atoms with van der Waals surface area (Å²) in [6, 6.07) is 8.44. The van der Waals surface area contributed by atoms with Crippen LogP contribution in [-0.4, -0.2) is 64.7 Å². The molecule has 1 aromatic heterocycles. The molecule has 38 heavy (non-hydrogen) atoms. The van der Waals surface area contributed by atoms with Gasteiger partial charge in [0.15, 0.2) is 11.5 Å². The van der Waals surface area contributed by atoms with E-state index in [9.17, 15) is 4.79 Å². The maximum Gasteiger partial charge on any atom is 0.236 e. The SMILES string of the molecule is CC.CC.CCCCN(CCCC)C(=O)CN1CC(c2ccc3c(c2)OCO3)CC1CCc1ncccn1. The van der Waals surface area contributed by atoms with Crippen molar-refractivity contribution in [2.75, 3.05) is 33.0 Å². The number of aryl methyl sites for hydroxylation is 1. The smallest absolute Gasteiger partial charge is 0.236 e. The Labute approximate surface area is 230 Å². The highest BCUT2D eigenvalue weighted by atomic mass is 16.7. The summed E-state index contributed by atoms with van der Waals surface area (Å²) in [7, 11) is 0. The Hall–Kier alpha value is -2.67. The van der Waals surface area contributed by atoms with Gasteiger partial charge in [-0.2, -0.15) is 0 Å². The highest BCUT2D eigenvalue weighted by molar-refractivity contribution is 5.78. The molecule has 0 radical (unpaired) electrons. The number of hydrogen-bond acceptors (Lipinski definition) is 6. The summed E-state index contributed by atoms with van der Waals surface area (Å²) >= 11 is 0. The van der Waals surface area contributed by atoms with Crippen LogP contribution in [-0.2, 0) is 11.2 Å². The number of nitrogens with zero attached hydrogens (tertiary/aromatic N) is 4. The van der Waals surface area contributed by atoms with Crippen LogP contribution in [0.15, 0.2) is 36.7 Å². The number of carbonyl (C=O) groups excluding carboxylic acids is 1. The molecule has 1 amide bonds. The minimum Gasteiger partial charge on any atom is -0.454 e. The van der Waals surface area contributed by atoms with E-state index in [0.29, 0.717) is 18.5 Å². The molecule has 212 valence electrons. The third-order valence-corrected chi connectivity index (χ3v) is 6.97. The third kappa shape index (κ3) is 9.26. The number of fused-ring (bicyclic) bond motifs is 1. The number of hydrogen-bond donors (Lipinski definition) is 0. The van der Waals surface area contributed by atoms with Crippen molar-refractivity contribution in [2.24, 2.45) is 0 Å². The van der Waals surface area contributed by atoms with E-state index < -0.39 is 0 Å². The van der Waals surface area contributed by atoms with Crippen LogP contribution >= 0.6 is 0 Å². The van der Waals surface area contributed by atoms with Gasteiger partial charge in [0.2, 0.25) is 12.7 Å². The van der Waals surface area contributed by atoms with E-state index in [-0.39, 0.29) is 12.7 Å². The number of ether oxygens (including phenoxy) is 2. The zero-order chi connectivity index (χ0) is 27.8. The molecule has 4 rings (SSSR count). The average molecular weight is 527 g/mol. The van der Waals surface area contributed by atoms with Crippen molar-refractivity contribution in [3.05, 3.63) is 48.0 Å². The summed E-state index contributed by atoms with van der Waals surface area (Å²) in [4.78, 5) is 26.6. The van der Waals surface area contributed by atoms with Crippen LogP contribution < -0.4 is 9.47 Å². The highest BCUT2D eigenvalue weighted by Crippen LogP contribution is 2.39. The lowest BCUT2D eigenvalue weighted by atomic mass is 9.94. The fourth-order valence-corrected chi connectivity index (χ4v) is 4.97. The van der Waals surface area contributed by atoms with Gasteiger partial charge in [0.05, 0.1) is 6.54 Å². The Morgan fingerprint density at radius 2 is 1.66 bits per heavy atom. The Balaban J connectivity index is 0.00000121. The van der Waals surface area contributed by atoms with Crippen molar-refractivity contribution in [3.63, 3.8) is 0 Å². The van der Waals surface area contributed by atoms with Crippen LogP contribution in [0.5, 0.6) is 11.5 Å². The van der Waals surface area contributed by atoms with Crippen LogP contribution in [0.4, 0.5) is 0 Å². The maximum absolute atomic E-state index is 13.4. The fraction of sp³-hybridized carbons (Fsp3) is 0.645. The van der Waals surface area contributed by atoms with E-state index >= 15 is 0 Å². The van der Waals surface area contributed by atoms with Crippen LogP contribution in [0.1, 0.15) is 97.4 Å². The fourth-order valence-electron chi connectivity index (χ4n) is 4.97. The molecule has 0 saturated carbocycles. The van der Waals surface area contributed by atoms with Gasteiger partial charge in [0.1, 0.15) is 5.82 Å². The number of likely N-dealkylation sites (tertiary alicyclic amines) is 1. The quantitative estimate of drug-likeness (QED) is 0.315. The number of benzene rings is 1. The lowest BCUT2D eigenvalue weighted by Crippen LogP contribution is -2.43. The van der Waals surface area contributed by atoms with Gasteiger partial charge in [-0.1, -0.05) is 60.5 Å². The average Bonchev–Trinajstić information content (AvgIpc) is 3.61. The molecule has 2 atom stereocenters. The number of amides is 1. The van der Waals surface area contributed by atoms with Crippen LogP contribution in [0.3, 0.4) is 0 Å². The molecule has 0 spiro atoms. The molecule has 7 heteroatoms. The first-order valence-electron chi connectivity index (χ1n) is 14.8. The number of aromatic nitrogens is 2. The minimum atomic E-state index is 0.259. The Kier molecular flexibility index (Phi) is 14.8. The van der Waals surface area contributed by atoms with Gasteiger partial charge in [0.25, 0.3) is 0 Å². The lowest BCUT2D eigenvalue weighted by Gasteiger charge is -2.28. The van der Waals surface area contributed by atoms with Crippen molar-refractivity contribution in [1.29, 1.82) is 0 Å². The molecule has 2 aliphatic rings. The largest absolute Gasteiger partial charge is 0.454 e. The molecule has 2 aromatic rings. The molecule has 1 aromatic carbocycles. The molecule has 2 aliphatic heterocycles. The topological polar surface area (TPSA) is 67.8 Å². The summed E-state index contributed by atoms with van der Waals surface area (Å²) in [5.41, 5.74) is 1.26. The van der Waals surface area contributed by atoms with Crippen LogP contribution in [0, 0.1) is 0 Å². The van der Waals surface area contributed by atoms with E-state index in [1.807, 2.05) is 39.8 Å². The molecule has 2 unspecified atom stereocenters. The molecule has 3 heterocycles. The van der Waals surface area contributed by atoms with Gasteiger partial charge in [-0.25, -0.2) is 9.97 Å². The van der Waals surface area contributed by atoms with Gasteiger partial charge in [-0.3, -0.25) is 9.69 Å². The second-order valence-electron chi connectivity index (χ2n) is 9.42. The molecule has 1 fully saturated rings. The molecule has 0 aliphatic carbocycles. The second-order valence-corrected chi connectivity index (χ2v) is 9.42. The van der Waals surface area contributed by atoms with Crippen molar-refractivity contribution < 1.29 is 14.3 Å². The summed E-state index contributed by atoms with van der Waals surface area (Å²) in [6.45, 7) is 15.7. The zero-order valence-corrected chi connectivity index (χ0v) is 24.6. The van der Waals surface area contributed by atoms with Gasteiger partial charge in [0, 0.05) is 44.5 Å². The molecule has 0 N–H and O–H groups in total. The van der Waals surface area contributed by atoms with Gasteiger partial charge in [-0.05, 0) is 55.4 Å². The monoisotopic (exact) mass is 526 g/mol. The Morgan fingerprint density at radius 1 is 1.00 bits per heavy atom. The highest BCUT2D eigenvalue weighted by Gasteiger charge is 2.35. The van der Waals surface area contributed by atoms with Crippen LogP contribution in [0.25, 0.3) is 0 Å². The van der Waals surface area contributed by atoms with Crippen LogP contribution in [0.2, 0.25) is 0 Å². The lowest BCUT2D eigenvalue weighted by molar-refractivity contribution is -0.132. The van der Waals surface area contributed by atoms with Gasteiger partial charge in [-0.15, -0.1) is 0 Å². The maximum atomic E-state index is 13.4. The normalized spacial score (nSPS) is 17.7. The summed E-state index contributed by atoms with van der Waals surface area (Å²) in [5.74, 6) is 3.13. The van der Waals surface area contributed by atoms with Crippen molar-refractivity contribution >= 4 is 5.91 Å². The third-order valence-electron chi connectivity index (χ3n) is 6.97. The first kappa shape index (κ1) is 31.5. The summed E-state index contributed by atoms with van der Waals surface area (Å²) < 4.78 is 11.1. The predicted octanol–water partition coefficient (Wildman–Crippen LogP) is 6.48. The second kappa shape index (κ2) is 17.8. The molecular weight excluding hydrogens is 476 g/mol. The van der Waals surface area contributed by atoms with Gasteiger partial charge < -0.3 is 14.4 Å². The van der Waals surface area contributed by atoms with E-state index in [0.717, 1.165) is 81.9 Å². The van der Waals surface area contributed by atoms with E-state index in [1.165, 1.54) is 5.56 Å². The molecule has 7 nitrogen and oxygen atoms in total. The number of unbranched alkanes of at least 4 members (excludes halogenated alkanes) is 2. The van der Waals surface area contributed by atoms with Crippen molar-refractivity contribution in [1.82, 2.24) is 19.8 Å². The molecule has 1 saturated heterocycles. The first-order valence-corrected chi connectivity index (χ1v) is 14.8. The van der Waals surface area contributed by atoms with E-state index in [1.54, 1.807) is 12.4 Å². The van der Waals surface area contributed by atoms with E-state index in [4.69, 9.17) is 9.47 Å². The Bertz CT molecular complexity index is 917. The van der Waals surface area contributed by atoms with Crippen molar-refractivity contribution in [2.45, 2.75) is 98.4 Å². The summed E-state index contributed by atoms with van der Waals surface area (Å²) in [6.07, 6.45) is 10.7. The Morgan fingerprint density at radius 3 is 2.32 bits per heavy atom. The molecular formula is C31H50N4O3. The minimum absolute atomic E-state index is 0.259. The zero-order valence-electron chi connectivity index (χ0n) is 24.6.